The molecule has 1 aromatic rings. The van der Waals surface area contributed by atoms with Gasteiger partial charge in [0, 0.05) is 13.0 Å². The molecule has 32 heavy (non-hydrogen) atoms. The molecule has 4 heterocycles. The van der Waals surface area contributed by atoms with E-state index in [1.807, 2.05) is 12.1 Å². The molecule has 4 amide bonds. The lowest BCUT2D eigenvalue weighted by Gasteiger charge is -2.38. The molecule has 3 saturated heterocycles. The monoisotopic (exact) mass is 438 g/mol. The maximum atomic E-state index is 13.3. The Morgan fingerprint density at radius 2 is 1.59 bits per heavy atom. The molecule has 0 bridgehead atoms. The van der Waals surface area contributed by atoms with Gasteiger partial charge >= 0.3 is 0 Å². The van der Waals surface area contributed by atoms with Crippen molar-refractivity contribution in [2.75, 3.05) is 26.2 Å². The molecule has 8 heteroatoms. The second-order valence-corrected chi connectivity index (χ2v) is 9.49. The average molecular weight is 439 g/mol. The Hall–Kier alpha value is -2.58. The van der Waals surface area contributed by atoms with Crippen molar-refractivity contribution in [3.05, 3.63) is 34.9 Å². The second-order valence-electron chi connectivity index (χ2n) is 9.49. The number of hydrogen-bond acceptors (Lipinski definition) is 6. The van der Waals surface area contributed by atoms with E-state index in [9.17, 15) is 19.2 Å². The van der Waals surface area contributed by atoms with Crippen molar-refractivity contribution in [2.45, 2.75) is 51.1 Å². The van der Waals surface area contributed by atoms with Crippen LogP contribution >= 0.6 is 0 Å². The van der Waals surface area contributed by atoms with Gasteiger partial charge in [0.15, 0.2) is 0 Å². The summed E-state index contributed by atoms with van der Waals surface area (Å²) in [5, 5.41) is 5.69. The molecule has 1 atom stereocenters. The smallest absolute Gasteiger partial charge is 0.262 e. The van der Waals surface area contributed by atoms with Crippen molar-refractivity contribution < 1.29 is 19.2 Å². The van der Waals surface area contributed by atoms with Crippen LogP contribution in [0.1, 0.15) is 64.8 Å². The second kappa shape index (κ2) is 8.75. The summed E-state index contributed by atoms with van der Waals surface area (Å²) in [6.45, 7) is 4.88. The minimum Gasteiger partial charge on any atom is -0.317 e. The van der Waals surface area contributed by atoms with E-state index in [0.717, 1.165) is 48.5 Å². The predicted octanol–water partition coefficient (Wildman–Crippen LogP) is 1.30. The summed E-state index contributed by atoms with van der Waals surface area (Å²) < 4.78 is 0. The van der Waals surface area contributed by atoms with Gasteiger partial charge in [-0.15, -0.1) is 0 Å². The zero-order chi connectivity index (χ0) is 22.2. The van der Waals surface area contributed by atoms with Crippen molar-refractivity contribution in [1.29, 1.82) is 0 Å². The molecule has 0 spiro atoms. The first kappa shape index (κ1) is 21.3. The Kier molecular flexibility index (Phi) is 5.82. The first-order valence-electron chi connectivity index (χ1n) is 11.8. The molecular weight excluding hydrogens is 408 g/mol. The summed E-state index contributed by atoms with van der Waals surface area (Å²) in [6, 6.07) is 4.47. The summed E-state index contributed by atoms with van der Waals surface area (Å²) in [6.07, 6.45) is 5.19. The van der Waals surface area contributed by atoms with Crippen LogP contribution in [0.2, 0.25) is 0 Å². The standard InChI is InChI=1S/C24H30N4O4/c29-20-5-4-19(22(30)26-20)28-23(31)18-3-1-2-17(21(18)24(28)32)14-27-12-8-16(9-13-27)15-6-10-25-11-7-15/h1-3,15-16,19,25H,4-14H2,(H,26,29,30). The summed E-state index contributed by atoms with van der Waals surface area (Å²) in [5.74, 6) is -0.193. The molecule has 1 unspecified atom stereocenters. The van der Waals surface area contributed by atoms with Crippen LogP contribution in [0.5, 0.6) is 0 Å². The van der Waals surface area contributed by atoms with Crippen LogP contribution in [0.25, 0.3) is 0 Å². The van der Waals surface area contributed by atoms with Crippen LogP contribution in [0.3, 0.4) is 0 Å². The third-order valence-corrected chi connectivity index (χ3v) is 7.63. The van der Waals surface area contributed by atoms with Crippen molar-refractivity contribution in [3.63, 3.8) is 0 Å². The largest absolute Gasteiger partial charge is 0.317 e. The van der Waals surface area contributed by atoms with Gasteiger partial charge in [0.2, 0.25) is 11.8 Å². The maximum absolute atomic E-state index is 13.3. The van der Waals surface area contributed by atoms with Gasteiger partial charge in [-0.25, -0.2) is 0 Å². The highest BCUT2D eigenvalue weighted by atomic mass is 16.2. The number of carbonyl (C=O) groups excluding carboxylic acids is 4. The van der Waals surface area contributed by atoms with E-state index in [2.05, 4.69) is 15.5 Å². The fourth-order valence-electron chi connectivity index (χ4n) is 5.86. The highest BCUT2D eigenvalue weighted by Crippen LogP contribution is 2.33. The van der Waals surface area contributed by atoms with Gasteiger partial charge in [0.1, 0.15) is 6.04 Å². The summed E-state index contributed by atoms with van der Waals surface area (Å²) in [4.78, 5) is 53.5. The van der Waals surface area contributed by atoms with E-state index in [0.29, 0.717) is 17.7 Å². The van der Waals surface area contributed by atoms with Crippen molar-refractivity contribution in [3.8, 4) is 0 Å². The van der Waals surface area contributed by atoms with Crippen LogP contribution in [-0.2, 0) is 16.1 Å². The zero-order valence-corrected chi connectivity index (χ0v) is 18.3. The molecule has 170 valence electrons. The highest BCUT2D eigenvalue weighted by molar-refractivity contribution is 6.24. The molecular formula is C24H30N4O4. The lowest BCUT2D eigenvalue weighted by Crippen LogP contribution is -2.54. The summed E-state index contributed by atoms with van der Waals surface area (Å²) in [7, 11) is 0. The van der Waals surface area contributed by atoms with Gasteiger partial charge in [-0.05, 0) is 81.7 Å². The van der Waals surface area contributed by atoms with Gasteiger partial charge in [0.25, 0.3) is 11.8 Å². The molecule has 4 aliphatic heterocycles. The van der Waals surface area contributed by atoms with Crippen LogP contribution in [0.15, 0.2) is 18.2 Å². The predicted molar refractivity (Wildman–Crippen MR) is 117 cm³/mol. The summed E-state index contributed by atoms with van der Waals surface area (Å²) in [5.41, 5.74) is 1.63. The number of fused-ring (bicyclic) bond motifs is 1. The molecule has 0 aromatic heterocycles. The first-order chi connectivity index (χ1) is 15.5. The molecule has 5 rings (SSSR count). The van der Waals surface area contributed by atoms with Gasteiger partial charge in [-0.3, -0.25) is 34.3 Å². The Morgan fingerprint density at radius 1 is 0.875 bits per heavy atom. The maximum Gasteiger partial charge on any atom is 0.262 e. The third-order valence-electron chi connectivity index (χ3n) is 7.63. The fraction of sp³-hybridized carbons (Fsp3) is 0.583. The van der Waals surface area contributed by atoms with E-state index in [4.69, 9.17) is 0 Å². The van der Waals surface area contributed by atoms with Crippen molar-refractivity contribution in [2.24, 2.45) is 11.8 Å². The third kappa shape index (κ3) is 3.86. The van der Waals surface area contributed by atoms with E-state index in [1.165, 1.54) is 25.7 Å². The van der Waals surface area contributed by atoms with Crippen LogP contribution in [0, 0.1) is 11.8 Å². The van der Waals surface area contributed by atoms with E-state index in [1.54, 1.807) is 6.07 Å². The van der Waals surface area contributed by atoms with E-state index in [-0.39, 0.29) is 18.7 Å². The van der Waals surface area contributed by atoms with Crippen LogP contribution in [0.4, 0.5) is 0 Å². The normalized spacial score (nSPS) is 25.9. The number of hydrogen-bond donors (Lipinski definition) is 2. The van der Waals surface area contributed by atoms with Gasteiger partial charge in [-0.1, -0.05) is 12.1 Å². The number of amides is 4. The number of piperidine rings is 3. The number of benzene rings is 1. The van der Waals surface area contributed by atoms with E-state index >= 15 is 0 Å². The van der Waals surface area contributed by atoms with Gasteiger partial charge < -0.3 is 5.32 Å². The SMILES string of the molecule is O=C1CCC(N2C(=O)c3cccc(CN4CCC(C5CCNCC5)CC4)c3C2=O)C(=O)N1. The van der Waals surface area contributed by atoms with Crippen LogP contribution in [-0.4, -0.2) is 65.6 Å². The number of imide groups is 2. The minimum absolute atomic E-state index is 0.128. The average Bonchev–Trinajstić information content (AvgIpc) is 3.06. The molecule has 2 N–H and O–H groups in total. The summed E-state index contributed by atoms with van der Waals surface area (Å²) >= 11 is 0. The highest BCUT2D eigenvalue weighted by Gasteiger charge is 2.45. The molecule has 0 saturated carbocycles. The van der Waals surface area contributed by atoms with Crippen molar-refractivity contribution >= 4 is 23.6 Å². The number of nitrogens with zero attached hydrogens (tertiary/aromatic N) is 2. The molecule has 0 radical (unpaired) electrons. The Morgan fingerprint density at radius 3 is 2.31 bits per heavy atom. The molecule has 8 nitrogen and oxygen atoms in total. The fourth-order valence-corrected chi connectivity index (χ4v) is 5.86. The Labute approximate surface area is 187 Å². The van der Waals surface area contributed by atoms with E-state index < -0.39 is 23.8 Å². The number of nitrogens with one attached hydrogen (secondary N) is 2. The first-order valence-corrected chi connectivity index (χ1v) is 11.8. The number of rotatable bonds is 4. The topological polar surface area (TPSA) is 98.8 Å². The number of likely N-dealkylation sites (tertiary alicyclic amines) is 1. The molecule has 1 aromatic carbocycles. The Balaban J connectivity index is 1.28. The minimum atomic E-state index is -0.923. The quantitative estimate of drug-likeness (QED) is 0.688. The molecule has 0 aliphatic carbocycles. The molecule has 3 fully saturated rings. The van der Waals surface area contributed by atoms with Crippen molar-refractivity contribution in [1.82, 2.24) is 20.4 Å². The number of carbonyl (C=O) groups is 4. The lowest BCUT2D eigenvalue weighted by atomic mass is 9.79. The molecule has 4 aliphatic rings. The Bertz CT molecular complexity index is 947. The zero-order valence-electron chi connectivity index (χ0n) is 18.3. The lowest BCUT2D eigenvalue weighted by molar-refractivity contribution is -0.136. The van der Waals surface area contributed by atoms with Gasteiger partial charge in [0.05, 0.1) is 11.1 Å². The van der Waals surface area contributed by atoms with Gasteiger partial charge in [-0.2, -0.15) is 0 Å². The van der Waals surface area contributed by atoms with Crippen LogP contribution < -0.4 is 10.6 Å².